The first-order chi connectivity index (χ1) is 6.34. The molecule has 0 aliphatic rings. The Kier molecular flexibility index (Phi) is 4.21. The van der Waals surface area contributed by atoms with Crippen LogP contribution < -0.4 is 5.32 Å². The summed E-state index contributed by atoms with van der Waals surface area (Å²) in [5.74, 6) is 0.0323. The standard InChI is InChI=1S/C9H13NO3/c1-12-5-3-10-6-9(11)8-2-4-13-7-8/h2,4,7,10H,3,5-6H2,1H3. The van der Waals surface area contributed by atoms with Crippen molar-refractivity contribution in [2.45, 2.75) is 0 Å². The van der Waals surface area contributed by atoms with Crippen LogP contribution in [0.25, 0.3) is 0 Å². The van der Waals surface area contributed by atoms with Gasteiger partial charge in [-0.1, -0.05) is 0 Å². The van der Waals surface area contributed by atoms with Crippen molar-refractivity contribution in [3.63, 3.8) is 0 Å². The van der Waals surface area contributed by atoms with E-state index < -0.39 is 0 Å². The first kappa shape index (κ1) is 9.95. The quantitative estimate of drug-likeness (QED) is 0.521. The Morgan fingerprint density at radius 1 is 1.69 bits per heavy atom. The summed E-state index contributed by atoms with van der Waals surface area (Å²) in [6.45, 7) is 1.61. The van der Waals surface area contributed by atoms with Gasteiger partial charge in [0.05, 0.1) is 25.0 Å². The Balaban J connectivity index is 2.19. The summed E-state index contributed by atoms with van der Waals surface area (Å²) in [5.41, 5.74) is 0.602. The molecule has 1 aromatic rings. The number of rotatable bonds is 6. The summed E-state index contributed by atoms with van der Waals surface area (Å²) in [4.78, 5) is 11.3. The van der Waals surface area contributed by atoms with Gasteiger partial charge in [-0.05, 0) is 6.07 Å². The molecule has 0 spiro atoms. The van der Waals surface area contributed by atoms with E-state index in [9.17, 15) is 4.79 Å². The average Bonchev–Trinajstić information content (AvgIpc) is 2.65. The van der Waals surface area contributed by atoms with Gasteiger partial charge in [0.25, 0.3) is 0 Å². The van der Waals surface area contributed by atoms with E-state index in [1.54, 1.807) is 13.2 Å². The first-order valence-electron chi connectivity index (χ1n) is 4.09. The van der Waals surface area contributed by atoms with Gasteiger partial charge in [0.15, 0.2) is 5.78 Å². The van der Waals surface area contributed by atoms with Crippen LogP contribution in [-0.4, -0.2) is 32.6 Å². The lowest BCUT2D eigenvalue weighted by Crippen LogP contribution is -2.26. The Labute approximate surface area is 76.9 Å². The largest absolute Gasteiger partial charge is 0.472 e. The minimum atomic E-state index is 0.0323. The molecule has 0 atom stereocenters. The number of hydrogen-bond donors (Lipinski definition) is 1. The van der Waals surface area contributed by atoms with Crippen LogP contribution >= 0.6 is 0 Å². The van der Waals surface area contributed by atoms with E-state index in [1.165, 1.54) is 12.5 Å². The van der Waals surface area contributed by atoms with Gasteiger partial charge < -0.3 is 14.5 Å². The van der Waals surface area contributed by atoms with Crippen molar-refractivity contribution >= 4 is 5.78 Å². The van der Waals surface area contributed by atoms with E-state index in [1.807, 2.05) is 0 Å². The Morgan fingerprint density at radius 2 is 2.54 bits per heavy atom. The molecule has 0 aliphatic heterocycles. The van der Waals surface area contributed by atoms with Gasteiger partial charge >= 0.3 is 0 Å². The molecule has 13 heavy (non-hydrogen) atoms. The first-order valence-corrected chi connectivity index (χ1v) is 4.09. The zero-order chi connectivity index (χ0) is 9.52. The van der Waals surface area contributed by atoms with E-state index in [0.29, 0.717) is 25.3 Å². The second-order valence-electron chi connectivity index (χ2n) is 2.60. The molecule has 0 amide bonds. The third-order valence-corrected chi connectivity index (χ3v) is 1.61. The third kappa shape index (κ3) is 3.40. The number of hydrogen-bond acceptors (Lipinski definition) is 4. The predicted molar refractivity (Wildman–Crippen MR) is 47.8 cm³/mol. The summed E-state index contributed by atoms with van der Waals surface area (Å²) in [6.07, 6.45) is 2.93. The molecule has 1 N–H and O–H groups in total. The SMILES string of the molecule is COCCNCC(=O)c1ccoc1. The van der Waals surface area contributed by atoms with Crippen molar-refractivity contribution in [1.29, 1.82) is 0 Å². The highest BCUT2D eigenvalue weighted by Crippen LogP contribution is 1.99. The second kappa shape index (κ2) is 5.50. The second-order valence-corrected chi connectivity index (χ2v) is 2.60. The van der Waals surface area contributed by atoms with Crippen molar-refractivity contribution in [3.8, 4) is 0 Å². The van der Waals surface area contributed by atoms with Crippen LogP contribution in [0.4, 0.5) is 0 Å². The predicted octanol–water partition coefficient (Wildman–Crippen LogP) is 0.698. The zero-order valence-corrected chi connectivity index (χ0v) is 7.58. The molecule has 4 nitrogen and oxygen atoms in total. The van der Waals surface area contributed by atoms with Gasteiger partial charge in [-0.25, -0.2) is 0 Å². The Morgan fingerprint density at radius 3 is 3.15 bits per heavy atom. The minimum Gasteiger partial charge on any atom is -0.472 e. The summed E-state index contributed by atoms with van der Waals surface area (Å²) < 4.78 is 9.61. The maximum absolute atomic E-state index is 11.3. The molecule has 0 bridgehead atoms. The van der Waals surface area contributed by atoms with Crippen LogP contribution in [-0.2, 0) is 4.74 Å². The Hall–Kier alpha value is -1.13. The number of ketones is 1. The molecule has 0 aromatic carbocycles. The van der Waals surface area contributed by atoms with E-state index >= 15 is 0 Å². The average molecular weight is 183 g/mol. The van der Waals surface area contributed by atoms with Crippen molar-refractivity contribution < 1.29 is 13.9 Å². The fourth-order valence-electron chi connectivity index (χ4n) is 0.901. The van der Waals surface area contributed by atoms with Gasteiger partial charge in [-0.2, -0.15) is 0 Å². The van der Waals surface area contributed by atoms with Crippen LogP contribution in [0.15, 0.2) is 23.0 Å². The van der Waals surface area contributed by atoms with Gasteiger partial charge in [0.1, 0.15) is 6.26 Å². The molecule has 1 heterocycles. The number of furan rings is 1. The van der Waals surface area contributed by atoms with Crippen LogP contribution in [0.1, 0.15) is 10.4 Å². The molecule has 0 saturated heterocycles. The third-order valence-electron chi connectivity index (χ3n) is 1.61. The maximum Gasteiger partial charge on any atom is 0.179 e. The monoisotopic (exact) mass is 183 g/mol. The number of ether oxygens (including phenoxy) is 1. The summed E-state index contributed by atoms with van der Waals surface area (Å²) in [5, 5.41) is 2.96. The minimum absolute atomic E-state index is 0.0323. The van der Waals surface area contributed by atoms with E-state index in [4.69, 9.17) is 9.15 Å². The van der Waals surface area contributed by atoms with Gasteiger partial charge in [-0.3, -0.25) is 4.79 Å². The highest BCUT2D eigenvalue weighted by molar-refractivity contribution is 5.97. The van der Waals surface area contributed by atoms with Crippen LogP contribution in [0, 0.1) is 0 Å². The smallest absolute Gasteiger partial charge is 0.179 e. The number of Topliss-reactive ketones (excluding diaryl/α,β-unsaturated/α-hetero) is 1. The van der Waals surface area contributed by atoms with E-state index in [0.717, 1.165) is 0 Å². The molecule has 0 radical (unpaired) electrons. The summed E-state index contributed by atoms with van der Waals surface area (Å²) in [6, 6.07) is 1.65. The molecule has 0 aliphatic carbocycles. The highest BCUT2D eigenvalue weighted by Gasteiger charge is 2.05. The number of carbonyl (C=O) groups is 1. The van der Waals surface area contributed by atoms with Gasteiger partial charge in [0, 0.05) is 13.7 Å². The molecule has 0 saturated carbocycles. The van der Waals surface area contributed by atoms with Crippen molar-refractivity contribution in [1.82, 2.24) is 5.32 Å². The molecule has 1 aromatic heterocycles. The molecule has 1 rings (SSSR count). The zero-order valence-electron chi connectivity index (χ0n) is 7.58. The van der Waals surface area contributed by atoms with Gasteiger partial charge in [0.2, 0.25) is 0 Å². The maximum atomic E-state index is 11.3. The lowest BCUT2D eigenvalue weighted by molar-refractivity contribution is 0.0987. The number of methoxy groups -OCH3 is 1. The van der Waals surface area contributed by atoms with Crippen molar-refractivity contribution in [2.75, 3.05) is 26.8 Å². The van der Waals surface area contributed by atoms with Crippen LogP contribution in [0.3, 0.4) is 0 Å². The molecule has 0 fully saturated rings. The topological polar surface area (TPSA) is 51.5 Å². The van der Waals surface area contributed by atoms with E-state index in [2.05, 4.69) is 5.32 Å². The molecule has 4 heteroatoms. The molecular weight excluding hydrogens is 170 g/mol. The van der Waals surface area contributed by atoms with Crippen LogP contribution in [0.2, 0.25) is 0 Å². The lowest BCUT2D eigenvalue weighted by Gasteiger charge is -2.00. The summed E-state index contributed by atoms with van der Waals surface area (Å²) >= 11 is 0. The number of carbonyl (C=O) groups excluding carboxylic acids is 1. The van der Waals surface area contributed by atoms with Crippen LogP contribution in [0.5, 0.6) is 0 Å². The Bertz CT molecular complexity index is 243. The van der Waals surface area contributed by atoms with E-state index in [-0.39, 0.29) is 5.78 Å². The number of nitrogens with one attached hydrogen (secondary N) is 1. The fourth-order valence-corrected chi connectivity index (χ4v) is 0.901. The highest BCUT2D eigenvalue weighted by atomic mass is 16.5. The summed E-state index contributed by atoms with van der Waals surface area (Å²) in [7, 11) is 1.62. The van der Waals surface area contributed by atoms with Gasteiger partial charge in [-0.15, -0.1) is 0 Å². The fraction of sp³-hybridized carbons (Fsp3) is 0.444. The molecular formula is C9H13NO3. The van der Waals surface area contributed by atoms with Crippen molar-refractivity contribution in [2.24, 2.45) is 0 Å². The molecule has 0 unspecified atom stereocenters. The molecule has 72 valence electrons. The lowest BCUT2D eigenvalue weighted by atomic mass is 10.2. The van der Waals surface area contributed by atoms with Crippen molar-refractivity contribution in [3.05, 3.63) is 24.2 Å². The normalized spacial score (nSPS) is 10.2.